The number of carbonyl (C=O) groups is 2. The molecule has 0 aromatic heterocycles. The van der Waals surface area contributed by atoms with E-state index in [9.17, 15) is 9.59 Å². The minimum absolute atomic E-state index is 0. The Morgan fingerprint density at radius 3 is 2.43 bits per heavy atom. The second kappa shape index (κ2) is 6.36. The van der Waals surface area contributed by atoms with E-state index in [-0.39, 0.29) is 51.7 Å². The molecule has 1 atom stereocenters. The van der Waals surface area contributed by atoms with Gasteiger partial charge in [-0.25, -0.2) is 9.59 Å². The molecule has 0 heterocycles. The first kappa shape index (κ1) is 13.8. The Morgan fingerprint density at radius 2 is 1.93 bits per heavy atom. The van der Waals surface area contributed by atoms with Gasteiger partial charge in [-0.3, -0.25) is 0 Å². The van der Waals surface area contributed by atoms with Crippen LogP contribution in [0.25, 0.3) is 0 Å². The summed E-state index contributed by atoms with van der Waals surface area (Å²) in [6.45, 7) is 0. The van der Waals surface area contributed by atoms with E-state index >= 15 is 0 Å². The van der Waals surface area contributed by atoms with Gasteiger partial charge in [-0.1, -0.05) is 6.07 Å². The van der Waals surface area contributed by atoms with E-state index in [0.29, 0.717) is 0 Å². The van der Waals surface area contributed by atoms with Crippen LogP contribution in [0.5, 0.6) is 0 Å². The van der Waals surface area contributed by atoms with Crippen molar-refractivity contribution in [2.75, 3.05) is 0 Å². The van der Waals surface area contributed by atoms with Crippen LogP contribution in [0.15, 0.2) is 24.3 Å². The average Bonchev–Trinajstić information content (AvgIpc) is 2.17. The molecule has 4 nitrogen and oxygen atoms in total. The summed E-state index contributed by atoms with van der Waals surface area (Å²) >= 11 is 0. The summed E-state index contributed by atoms with van der Waals surface area (Å²) in [5, 5.41) is 8.61. The largest absolute Gasteiger partial charge is 2.00 e. The van der Waals surface area contributed by atoms with Gasteiger partial charge in [-0.2, -0.15) is 0 Å². The van der Waals surface area contributed by atoms with Gasteiger partial charge in [0.1, 0.15) is 0 Å². The first-order valence-electron chi connectivity index (χ1n) is 3.39. The van der Waals surface area contributed by atoms with Crippen molar-refractivity contribution in [2.45, 2.75) is 0 Å². The molecule has 1 unspecified atom stereocenters. The summed E-state index contributed by atoms with van der Waals surface area (Å²) in [4.78, 5) is 21.5. The summed E-state index contributed by atoms with van der Waals surface area (Å²) in [7, 11) is 1.81. The van der Waals surface area contributed by atoms with Crippen LogP contribution in [0.4, 0.5) is 0 Å². The number of carboxylic acid groups (broad SMARTS) is 1. The van der Waals surface area contributed by atoms with Crippen LogP contribution in [0.1, 0.15) is 23.6 Å². The quantitative estimate of drug-likeness (QED) is 0.622. The molecule has 0 radical (unpaired) electrons. The number of carboxylic acids is 1. The van der Waals surface area contributed by atoms with E-state index in [1.807, 2.05) is 9.47 Å². The molecule has 1 rings (SSSR count). The molecule has 1 aromatic rings. The number of hydrogen-bond donors (Lipinski definition) is 1. The van der Waals surface area contributed by atoms with Crippen LogP contribution in [-0.2, 0) is 4.52 Å². The van der Waals surface area contributed by atoms with E-state index in [1.54, 1.807) is 0 Å². The molecule has 0 aliphatic rings. The third-order valence-corrected chi connectivity index (χ3v) is 1.67. The van der Waals surface area contributed by atoms with E-state index in [4.69, 9.17) is 5.11 Å². The maximum atomic E-state index is 11.0. The molecule has 1 N–H and O–H groups in total. The maximum absolute atomic E-state index is 11.0. The van der Waals surface area contributed by atoms with Gasteiger partial charge >= 0.3 is 49.7 Å². The molecule has 0 aliphatic heterocycles. The Kier molecular flexibility index (Phi) is 6.29. The van der Waals surface area contributed by atoms with Gasteiger partial charge in [-0.05, 0) is 18.2 Å². The van der Waals surface area contributed by atoms with E-state index in [1.165, 1.54) is 24.3 Å². The summed E-state index contributed by atoms with van der Waals surface area (Å²) in [6.07, 6.45) is 0. The molecule has 6 heteroatoms. The van der Waals surface area contributed by atoms with Crippen molar-refractivity contribution in [2.24, 2.45) is 0 Å². The summed E-state index contributed by atoms with van der Waals surface area (Å²) in [6, 6.07) is 5.63. The van der Waals surface area contributed by atoms with Crippen molar-refractivity contribution >= 4 is 59.1 Å². The molecule has 0 bridgehead atoms. The van der Waals surface area contributed by atoms with Gasteiger partial charge in [0.2, 0.25) is 0 Å². The van der Waals surface area contributed by atoms with E-state index < -0.39 is 11.9 Å². The Hall–Kier alpha value is -0.150. The molecule has 0 amide bonds. The van der Waals surface area contributed by atoms with Crippen LogP contribution < -0.4 is 0 Å². The standard InChI is InChI=1S/C8H7O4P.Ca.2H/c9-7(10)5-2-1-3-6(4-5)8(11)12-13;;;/h1-4H,13H2,(H,9,10);;;/q;+2;2*-1. The molecule has 0 fully saturated rings. The van der Waals surface area contributed by atoms with Crippen LogP contribution in [0.2, 0.25) is 0 Å². The molecule has 0 spiro atoms. The van der Waals surface area contributed by atoms with Crippen LogP contribution in [0, 0.1) is 0 Å². The second-order valence-electron chi connectivity index (χ2n) is 2.29. The van der Waals surface area contributed by atoms with Crippen molar-refractivity contribution in [3.63, 3.8) is 0 Å². The van der Waals surface area contributed by atoms with Gasteiger partial charge in [0.05, 0.1) is 20.6 Å². The average molecular weight is 240 g/mol. The normalized spacial score (nSPS) is 8.64. The Balaban J connectivity index is -0.000000563. The summed E-state index contributed by atoms with van der Waals surface area (Å²) < 4.78 is 4.36. The third kappa shape index (κ3) is 3.54. The molecular formula is C8H9CaO4P. The summed E-state index contributed by atoms with van der Waals surface area (Å²) in [5.41, 5.74) is 0.280. The Bertz CT molecular complexity index is 362. The maximum Gasteiger partial charge on any atom is 2.00 e. The number of carbonyl (C=O) groups excluding carboxylic acids is 1. The minimum atomic E-state index is -1.07. The third-order valence-electron chi connectivity index (χ3n) is 1.45. The number of aromatic carboxylic acids is 1. The molecular weight excluding hydrogens is 231 g/mol. The zero-order chi connectivity index (χ0) is 9.84. The first-order valence-corrected chi connectivity index (χ1v) is 3.86. The van der Waals surface area contributed by atoms with Crippen LogP contribution >= 0.6 is 9.47 Å². The topological polar surface area (TPSA) is 63.6 Å². The van der Waals surface area contributed by atoms with Gasteiger partial charge in [0.25, 0.3) is 0 Å². The van der Waals surface area contributed by atoms with Crippen LogP contribution in [-0.4, -0.2) is 54.8 Å². The molecule has 14 heavy (non-hydrogen) atoms. The van der Waals surface area contributed by atoms with E-state index in [0.717, 1.165) is 0 Å². The van der Waals surface area contributed by atoms with Crippen molar-refractivity contribution in [1.29, 1.82) is 0 Å². The Labute approximate surface area is 116 Å². The SMILES string of the molecule is O=C(O)c1cccc(C(=O)OP)c1.[Ca+2].[H-].[H-]. The monoisotopic (exact) mass is 240 g/mol. The van der Waals surface area contributed by atoms with Gasteiger partial charge < -0.3 is 12.5 Å². The predicted octanol–water partition coefficient (Wildman–Crippen LogP) is 1.18. The molecule has 1 aromatic carbocycles. The number of benzene rings is 1. The van der Waals surface area contributed by atoms with Crippen molar-refractivity contribution in [3.05, 3.63) is 35.4 Å². The van der Waals surface area contributed by atoms with Gasteiger partial charge in [-0.15, -0.1) is 0 Å². The Morgan fingerprint density at radius 1 is 1.36 bits per heavy atom. The van der Waals surface area contributed by atoms with Crippen molar-refractivity contribution in [3.8, 4) is 0 Å². The fourth-order valence-electron chi connectivity index (χ4n) is 0.847. The molecule has 72 valence electrons. The second-order valence-corrected chi connectivity index (χ2v) is 2.53. The zero-order valence-electron chi connectivity index (χ0n) is 9.27. The van der Waals surface area contributed by atoms with Crippen molar-refractivity contribution < 1.29 is 22.1 Å². The zero-order valence-corrected chi connectivity index (χ0v) is 10.6. The summed E-state index contributed by atoms with van der Waals surface area (Å²) in [5.74, 6) is -1.65. The van der Waals surface area contributed by atoms with Crippen LogP contribution in [0.3, 0.4) is 0 Å². The van der Waals surface area contributed by atoms with E-state index in [2.05, 4.69) is 4.52 Å². The fraction of sp³-hybridized carbons (Fsp3) is 0. The fourth-order valence-corrected chi connectivity index (χ4v) is 0.983. The minimum Gasteiger partial charge on any atom is -1.00 e. The first-order chi connectivity index (χ1) is 6.15. The molecule has 0 aliphatic carbocycles. The number of hydrogen-bond acceptors (Lipinski definition) is 3. The molecule has 0 saturated heterocycles. The smallest absolute Gasteiger partial charge is 1.00 e. The number of rotatable bonds is 2. The predicted molar refractivity (Wildman–Crippen MR) is 56.5 cm³/mol. The van der Waals surface area contributed by atoms with Crippen molar-refractivity contribution in [1.82, 2.24) is 0 Å². The van der Waals surface area contributed by atoms with Gasteiger partial charge in [0, 0.05) is 0 Å². The molecule has 0 saturated carbocycles. The van der Waals surface area contributed by atoms with Gasteiger partial charge in [0.15, 0.2) is 0 Å².